The number of thiazole rings is 1. The van der Waals surface area contributed by atoms with Crippen LogP contribution in [0.2, 0.25) is 0 Å². The van der Waals surface area contributed by atoms with E-state index < -0.39 is 0 Å². The van der Waals surface area contributed by atoms with Gasteiger partial charge in [0.05, 0.1) is 5.03 Å². The van der Waals surface area contributed by atoms with Gasteiger partial charge in [-0.1, -0.05) is 23.5 Å². The molecule has 5 rings (SSSR count). The normalized spacial score (nSPS) is 35.4. The molecule has 0 amide bonds. The van der Waals surface area contributed by atoms with E-state index in [0.717, 1.165) is 16.9 Å². The summed E-state index contributed by atoms with van der Waals surface area (Å²) in [5.74, 6) is 2.23. The molecule has 0 saturated heterocycles. The van der Waals surface area contributed by atoms with Gasteiger partial charge in [0.2, 0.25) is 0 Å². The van der Waals surface area contributed by atoms with Crippen molar-refractivity contribution in [2.24, 2.45) is 17.8 Å². The van der Waals surface area contributed by atoms with Crippen LogP contribution in [0.3, 0.4) is 0 Å². The molecular formula is C17H16FNOS2. The van der Waals surface area contributed by atoms with Gasteiger partial charge in [0.25, 0.3) is 0 Å². The first-order valence-corrected chi connectivity index (χ1v) is 9.55. The summed E-state index contributed by atoms with van der Waals surface area (Å²) in [7, 11) is 0. The Hall–Kier alpha value is -1.07. The number of rotatable bonds is 1. The van der Waals surface area contributed by atoms with Gasteiger partial charge in [-0.2, -0.15) is 0 Å². The Kier molecular flexibility index (Phi) is 2.87. The minimum absolute atomic E-state index is 0.0388. The average molecular weight is 333 g/mol. The number of halogens is 1. The number of hydrogen-bond donors (Lipinski definition) is 1. The number of aromatic amines is 1. The van der Waals surface area contributed by atoms with Gasteiger partial charge >= 0.3 is 4.87 Å². The van der Waals surface area contributed by atoms with Gasteiger partial charge < -0.3 is 4.98 Å². The highest BCUT2D eigenvalue weighted by Crippen LogP contribution is 2.63. The molecule has 1 aromatic heterocycles. The third kappa shape index (κ3) is 1.81. The zero-order valence-corrected chi connectivity index (χ0v) is 13.6. The maximum atomic E-state index is 13.3. The lowest BCUT2D eigenvalue weighted by molar-refractivity contribution is 0.307. The summed E-state index contributed by atoms with van der Waals surface area (Å²) in [5.41, 5.74) is 1.17. The van der Waals surface area contributed by atoms with Gasteiger partial charge in [-0.3, -0.25) is 4.79 Å². The van der Waals surface area contributed by atoms with E-state index in [1.807, 2.05) is 23.9 Å². The standard InChI is InChI=1S/C17H16FNOS2/c18-11-5-3-8(4-6-11)12-13-9-1-2-10(7-9)14(13)21-16-15(12)22-17(20)19-16/h3-6,9-10,12-14H,1-2,7H2,(H,19,20)/t9-,10-,12+,13-,14+/m1/s1. The monoisotopic (exact) mass is 333 g/mol. The molecule has 1 N–H and O–H groups in total. The molecule has 2 heterocycles. The van der Waals surface area contributed by atoms with E-state index in [0.29, 0.717) is 11.2 Å². The molecule has 3 aliphatic rings. The van der Waals surface area contributed by atoms with Crippen molar-refractivity contribution in [1.82, 2.24) is 4.98 Å². The van der Waals surface area contributed by atoms with Crippen molar-refractivity contribution >= 4 is 23.1 Å². The van der Waals surface area contributed by atoms with Crippen LogP contribution in [-0.4, -0.2) is 10.2 Å². The second kappa shape index (κ2) is 4.71. The van der Waals surface area contributed by atoms with E-state index in [9.17, 15) is 9.18 Å². The van der Waals surface area contributed by atoms with Crippen LogP contribution in [0.15, 0.2) is 34.1 Å². The van der Waals surface area contributed by atoms with Crippen molar-refractivity contribution in [2.75, 3.05) is 0 Å². The largest absolute Gasteiger partial charge is 0.307 e. The van der Waals surface area contributed by atoms with E-state index >= 15 is 0 Å². The van der Waals surface area contributed by atoms with Crippen LogP contribution in [0.4, 0.5) is 4.39 Å². The van der Waals surface area contributed by atoms with Crippen LogP contribution in [0.5, 0.6) is 0 Å². The molecule has 2 aromatic rings. The number of nitrogens with one attached hydrogen (secondary N) is 1. The average Bonchev–Trinajstić information content (AvgIpc) is 3.19. The van der Waals surface area contributed by atoms with E-state index in [-0.39, 0.29) is 16.6 Å². The van der Waals surface area contributed by atoms with Gasteiger partial charge in [-0.05, 0) is 54.7 Å². The quantitative estimate of drug-likeness (QED) is 0.847. The first kappa shape index (κ1) is 13.4. The van der Waals surface area contributed by atoms with Crippen LogP contribution in [-0.2, 0) is 0 Å². The zero-order chi connectivity index (χ0) is 14.8. The van der Waals surface area contributed by atoms with Crippen molar-refractivity contribution in [3.63, 3.8) is 0 Å². The third-order valence-electron chi connectivity index (χ3n) is 5.69. The number of fused-ring (bicyclic) bond motifs is 6. The topological polar surface area (TPSA) is 32.9 Å². The Balaban J connectivity index is 1.68. The molecule has 2 fully saturated rings. The molecule has 2 nitrogen and oxygen atoms in total. The number of thioether (sulfide) groups is 1. The van der Waals surface area contributed by atoms with E-state index in [2.05, 4.69) is 4.98 Å². The van der Waals surface area contributed by atoms with Crippen LogP contribution in [0.1, 0.15) is 35.6 Å². The molecule has 1 aliphatic heterocycles. The van der Waals surface area contributed by atoms with Crippen molar-refractivity contribution in [2.45, 2.75) is 35.5 Å². The molecule has 2 bridgehead atoms. The number of hydrogen-bond acceptors (Lipinski definition) is 3. The van der Waals surface area contributed by atoms with Gasteiger partial charge in [0.15, 0.2) is 0 Å². The van der Waals surface area contributed by atoms with Crippen molar-refractivity contribution < 1.29 is 4.39 Å². The fourth-order valence-corrected chi connectivity index (χ4v) is 7.79. The Morgan fingerprint density at radius 3 is 2.73 bits per heavy atom. The molecule has 114 valence electrons. The maximum absolute atomic E-state index is 13.3. The predicted molar refractivity (Wildman–Crippen MR) is 87.1 cm³/mol. The van der Waals surface area contributed by atoms with Gasteiger partial charge in [-0.25, -0.2) is 4.39 Å². The Bertz CT molecular complexity index is 781. The summed E-state index contributed by atoms with van der Waals surface area (Å²) in [4.78, 5) is 16.1. The summed E-state index contributed by atoms with van der Waals surface area (Å²) in [6.07, 6.45) is 3.98. The molecule has 5 atom stereocenters. The second-order valence-electron chi connectivity index (χ2n) is 6.73. The lowest BCUT2D eigenvalue weighted by Gasteiger charge is -2.40. The molecule has 0 unspecified atom stereocenters. The van der Waals surface area contributed by atoms with Crippen LogP contribution in [0, 0.1) is 23.6 Å². The maximum Gasteiger partial charge on any atom is 0.305 e. The van der Waals surface area contributed by atoms with Crippen LogP contribution >= 0.6 is 23.1 Å². The summed E-state index contributed by atoms with van der Waals surface area (Å²) in [6.45, 7) is 0. The Morgan fingerprint density at radius 1 is 1.14 bits per heavy atom. The first-order chi connectivity index (χ1) is 10.7. The number of benzene rings is 1. The molecule has 5 heteroatoms. The van der Waals surface area contributed by atoms with Gasteiger partial charge in [-0.15, -0.1) is 11.8 Å². The Morgan fingerprint density at radius 2 is 1.91 bits per heavy atom. The SMILES string of the molecule is O=c1[nH]c2c(s1)[C@@H](c1ccc(F)cc1)[C@H]1[C@@H]3CC[C@H](C3)[C@@H]1S2. The predicted octanol–water partition coefficient (Wildman–Crippen LogP) is 4.23. The highest BCUT2D eigenvalue weighted by atomic mass is 32.2. The zero-order valence-electron chi connectivity index (χ0n) is 11.9. The molecule has 2 saturated carbocycles. The van der Waals surface area contributed by atoms with Crippen molar-refractivity contribution in [3.05, 3.63) is 50.2 Å². The minimum atomic E-state index is -0.194. The smallest absolute Gasteiger partial charge is 0.305 e. The molecular weight excluding hydrogens is 317 g/mol. The van der Waals surface area contributed by atoms with Crippen LogP contribution < -0.4 is 4.87 Å². The first-order valence-electron chi connectivity index (χ1n) is 7.86. The van der Waals surface area contributed by atoms with Crippen LogP contribution in [0.25, 0.3) is 0 Å². The fraction of sp³-hybridized carbons (Fsp3) is 0.471. The lowest BCUT2D eigenvalue weighted by atomic mass is 9.75. The highest BCUT2D eigenvalue weighted by molar-refractivity contribution is 8.00. The summed E-state index contributed by atoms with van der Waals surface area (Å²) in [6, 6.07) is 6.92. The third-order valence-corrected chi connectivity index (χ3v) is 8.32. The molecule has 0 radical (unpaired) electrons. The summed E-state index contributed by atoms with van der Waals surface area (Å²) in [5, 5.41) is 1.68. The highest BCUT2D eigenvalue weighted by Gasteiger charge is 2.54. The Labute approximate surface area is 136 Å². The van der Waals surface area contributed by atoms with Crippen molar-refractivity contribution in [1.29, 1.82) is 0 Å². The number of H-pyrrole nitrogens is 1. The van der Waals surface area contributed by atoms with Crippen molar-refractivity contribution in [3.8, 4) is 0 Å². The molecule has 2 aliphatic carbocycles. The molecule has 1 aromatic carbocycles. The van der Waals surface area contributed by atoms with Gasteiger partial charge in [0.1, 0.15) is 5.82 Å². The second-order valence-corrected chi connectivity index (χ2v) is 8.93. The summed E-state index contributed by atoms with van der Waals surface area (Å²) >= 11 is 3.24. The van der Waals surface area contributed by atoms with E-state index in [1.165, 1.54) is 41.0 Å². The van der Waals surface area contributed by atoms with E-state index in [4.69, 9.17) is 0 Å². The number of aromatic nitrogens is 1. The van der Waals surface area contributed by atoms with Gasteiger partial charge in [0, 0.05) is 16.0 Å². The lowest BCUT2D eigenvalue weighted by Crippen LogP contribution is -2.33. The molecule has 22 heavy (non-hydrogen) atoms. The molecule has 0 spiro atoms. The minimum Gasteiger partial charge on any atom is -0.307 e. The van der Waals surface area contributed by atoms with E-state index in [1.54, 1.807) is 12.1 Å². The fourth-order valence-electron chi connectivity index (χ4n) is 4.89. The summed E-state index contributed by atoms with van der Waals surface area (Å²) < 4.78 is 13.3.